The number of hydrogen-bond acceptors (Lipinski definition) is 2. The summed E-state index contributed by atoms with van der Waals surface area (Å²) in [6.45, 7) is 0. The molecule has 0 spiro atoms. The third kappa shape index (κ3) is 2.55. The van der Waals surface area contributed by atoms with Gasteiger partial charge < -0.3 is 0 Å². The molecule has 0 radical (unpaired) electrons. The first-order chi connectivity index (χ1) is 9.38. The zero-order valence-electron chi connectivity index (χ0n) is 11.0. The van der Waals surface area contributed by atoms with Gasteiger partial charge in [-0.3, -0.25) is 5.84 Å². The molecular weight excluding hydrogens is 232 g/mol. The first kappa shape index (κ1) is 12.4. The minimum absolute atomic E-state index is 0.0663. The zero-order chi connectivity index (χ0) is 13.1. The van der Waals surface area contributed by atoms with Crippen LogP contribution in [0.15, 0.2) is 54.6 Å². The molecule has 0 amide bonds. The molecule has 1 saturated carbocycles. The molecule has 98 valence electrons. The maximum absolute atomic E-state index is 5.72. The third-order valence-electron chi connectivity index (χ3n) is 4.15. The molecule has 0 heterocycles. The van der Waals surface area contributed by atoms with Crippen molar-refractivity contribution in [3.05, 3.63) is 71.3 Å². The number of rotatable bonds is 4. The van der Waals surface area contributed by atoms with E-state index in [1.54, 1.807) is 0 Å². The van der Waals surface area contributed by atoms with Crippen LogP contribution in [0.1, 0.15) is 47.9 Å². The van der Waals surface area contributed by atoms with E-state index in [-0.39, 0.29) is 6.04 Å². The number of benzene rings is 2. The second-order valence-corrected chi connectivity index (χ2v) is 5.30. The van der Waals surface area contributed by atoms with Gasteiger partial charge in [-0.25, -0.2) is 5.43 Å². The van der Waals surface area contributed by atoms with Gasteiger partial charge in [-0.15, -0.1) is 0 Å². The average Bonchev–Trinajstić information content (AvgIpc) is 2.41. The van der Waals surface area contributed by atoms with Crippen molar-refractivity contribution in [2.24, 2.45) is 5.84 Å². The standard InChI is InChI=1S/C17H20N2/c18-19-17(15-5-2-1-3-6-15)16-11-9-14(10-12-16)13-7-4-8-13/h1-3,5-6,9-13,17,19H,4,7-8,18H2. The molecule has 1 aliphatic rings. The first-order valence-corrected chi connectivity index (χ1v) is 6.99. The molecule has 2 aromatic carbocycles. The van der Waals surface area contributed by atoms with E-state index in [0.717, 1.165) is 5.92 Å². The van der Waals surface area contributed by atoms with E-state index in [2.05, 4.69) is 41.8 Å². The van der Waals surface area contributed by atoms with Crippen LogP contribution in [0.2, 0.25) is 0 Å². The normalized spacial score (nSPS) is 16.9. The van der Waals surface area contributed by atoms with E-state index in [4.69, 9.17) is 5.84 Å². The van der Waals surface area contributed by atoms with Crippen LogP contribution in [-0.2, 0) is 0 Å². The molecule has 0 bridgehead atoms. The van der Waals surface area contributed by atoms with Crippen molar-refractivity contribution in [3.63, 3.8) is 0 Å². The third-order valence-corrected chi connectivity index (χ3v) is 4.15. The second kappa shape index (κ2) is 5.55. The lowest BCUT2D eigenvalue weighted by Crippen LogP contribution is -2.28. The van der Waals surface area contributed by atoms with E-state index in [0.29, 0.717) is 0 Å². The Balaban J connectivity index is 1.83. The van der Waals surface area contributed by atoms with Gasteiger partial charge in [0, 0.05) is 0 Å². The van der Waals surface area contributed by atoms with E-state index >= 15 is 0 Å². The van der Waals surface area contributed by atoms with Gasteiger partial charge in [-0.2, -0.15) is 0 Å². The summed E-state index contributed by atoms with van der Waals surface area (Å²) in [6, 6.07) is 19.3. The lowest BCUT2D eigenvalue weighted by molar-refractivity contribution is 0.419. The predicted molar refractivity (Wildman–Crippen MR) is 78.6 cm³/mol. The van der Waals surface area contributed by atoms with Gasteiger partial charge in [-0.1, -0.05) is 61.0 Å². The Kier molecular flexibility index (Phi) is 3.62. The fraction of sp³-hybridized carbons (Fsp3) is 0.294. The Morgan fingerprint density at radius 3 is 2.05 bits per heavy atom. The van der Waals surface area contributed by atoms with Crippen LogP contribution in [0.25, 0.3) is 0 Å². The molecule has 2 aromatic rings. The lowest BCUT2D eigenvalue weighted by Gasteiger charge is -2.26. The minimum atomic E-state index is 0.0663. The molecule has 1 aliphatic carbocycles. The Morgan fingerprint density at radius 1 is 0.895 bits per heavy atom. The summed E-state index contributed by atoms with van der Waals surface area (Å²) >= 11 is 0. The van der Waals surface area contributed by atoms with Crippen molar-refractivity contribution in [2.75, 3.05) is 0 Å². The molecule has 0 saturated heterocycles. The summed E-state index contributed by atoms with van der Waals surface area (Å²) in [5.74, 6) is 6.51. The molecule has 2 heteroatoms. The summed E-state index contributed by atoms with van der Waals surface area (Å²) in [7, 11) is 0. The van der Waals surface area contributed by atoms with Crippen LogP contribution in [0.4, 0.5) is 0 Å². The van der Waals surface area contributed by atoms with Crippen molar-refractivity contribution in [2.45, 2.75) is 31.2 Å². The van der Waals surface area contributed by atoms with Crippen molar-refractivity contribution >= 4 is 0 Å². The van der Waals surface area contributed by atoms with Gasteiger partial charge in [-0.05, 0) is 35.4 Å². The topological polar surface area (TPSA) is 38.0 Å². The Bertz CT molecular complexity index is 515. The minimum Gasteiger partial charge on any atom is -0.271 e. The van der Waals surface area contributed by atoms with Crippen LogP contribution in [0, 0.1) is 0 Å². The van der Waals surface area contributed by atoms with Crippen LogP contribution < -0.4 is 11.3 Å². The van der Waals surface area contributed by atoms with Gasteiger partial charge in [0.05, 0.1) is 6.04 Å². The maximum Gasteiger partial charge on any atom is 0.0710 e. The highest BCUT2D eigenvalue weighted by Crippen LogP contribution is 2.36. The maximum atomic E-state index is 5.72. The van der Waals surface area contributed by atoms with Crippen molar-refractivity contribution in [3.8, 4) is 0 Å². The average molecular weight is 252 g/mol. The molecule has 3 N–H and O–H groups in total. The molecular formula is C17H20N2. The monoisotopic (exact) mass is 252 g/mol. The first-order valence-electron chi connectivity index (χ1n) is 6.99. The van der Waals surface area contributed by atoms with E-state index < -0.39 is 0 Å². The summed E-state index contributed by atoms with van der Waals surface area (Å²) < 4.78 is 0. The van der Waals surface area contributed by atoms with Gasteiger partial charge in [0.25, 0.3) is 0 Å². The van der Waals surface area contributed by atoms with Crippen molar-refractivity contribution in [1.29, 1.82) is 0 Å². The summed E-state index contributed by atoms with van der Waals surface area (Å²) in [4.78, 5) is 0. The van der Waals surface area contributed by atoms with E-state index in [1.165, 1.54) is 36.0 Å². The van der Waals surface area contributed by atoms with E-state index in [1.807, 2.05) is 18.2 Å². The van der Waals surface area contributed by atoms with Crippen LogP contribution >= 0.6 is 0 Å². The SMILES string of the molecule is NNC(c1ccccc1)c1ccc(C2CCC2)cc1. The summed E-state index contributed by atoms with van der Waals surface area (Å²) in [6.07, 6.45) is 4.07. The molecule has 1 atom stereocenters. The van der Waals surface area contributed by atoms with Gasteiger partial charge in [0.1, 0.15) is 0 Å². The Morgan fingerprint density at radius 2 is 1.53 bits per heavy atom. The molecule has 3 rings (SSSR count). The molecule has 0 aromatic heterocycles. The van der Waals surface area contributed by atoms with Crippen molar-refractivity contribution < 1.29 is 0 Å². The van der Waals surface area contributed by atoms with E-state index in [9.17, 15) is 0 Å². The molecule has 19 heavy (non-hydrogen) atoms. The molecule has 1 unspecified atom stereocenters. The predicted octanol–water partition coefficient (Wildman–Crippen LogP) is 3.51. The highest BCUT2D eigenvalue weighted by Gasteiger charge is 2.19. The van der Waals surface area contributed by atoms with Gasteiger partial charge in [0.2, 0.25) is 0 Å². The number of nitrogens with two attached hydrogens (primary N) is 1. The highest BCUT2D eigenvalue weighted by molar-refractivity contribution is 5.34. The molecule has 0 aliphatic heterocycles. The zero-order valence-corrected chi connectivity index (χ0v) is 11.0. The van der Waals surface area contributed by atoms with Crippen LogP contribution in [-0.4, -0.2) is 0 Å². The summed E-state index contributed by atoms with van der Waals surface area (Å²) in [5.41, 5.74) is 6.80. The number of nitrogens with one attached hydrogen (secondary N) is 1. The smallest absolute Gasteiger partial charge is 0.0710 e. The highest BCUT2D eigenvalue weighted by atomic mass is 15.2. The van der Waals surface area contributed by atoms with Crippen molar-refractivity contribution in [1.82, 2.24) is 5.43 Å². The number of hydrogen-bond donors (Lipinski definition) is 2. The molecule has 2 nitrogen and oxygen atoms in total. The van der Waals surface area contributed by atoms with Gasteiger partial charge >= 0.3 is 0 Å². The molecule has 1 fully saturated rings. The summed E-state index contributed by atoms with van der Waals surface area (Å²) in [5, 5.41) is 0. The lowest BCUT2D eigenvalue weighted by atomic mass is 9.79. The Labute approximate surface area is 114 Å². The second-order valence-electron chi connectivity index (χ2n) is 5.30. The van der Waals surface area contributed by atoms with Crippen LogP contribution in [0.5, 0.6) is 0 Å². The van der Waals surface area contributed by atoms with Gasteiger partial charge in [0.15, 0.2) is 0 Å². The largest absolute Gasteiger partial charge is 0.271 e. The fourth-order valence-electron chi connectivity index (χ4n) is 2.73. The van der Waals surface area contributed by atoms with Crippen LogP contribution in [0.3, 0.4) is 0 Å². The number of hydrazine groups is 1. The Hall–Kier alpha value is -1.64. The quantitative estimate of drug-likeness (QED) is 0.645. The fourth-order valence-corrected chi connectivity index (χ4v) is 2.73.